The first kappa shape index (κ1) is 10.4. The largest absolute Gasteiger partial charge is 0.396 e. The quantitative estimate of drug-likeness (QED) is 0.723. The number of rotatable bonds is 3. The Morgan fingerprint density at radius 2 is 1.93 bits per heavy atom. The molecule has 2 rings (SSSR count). The van der Waals surface area contributed by atoms with Crippen LogP contribution in [0.3, 0.4) is 0 Å². The average Bonchev–Trinajstić information content (AvgIpc) is 2.90. The van der Waals surface area contributed by atoms with Gasteiger partial charge in [-0.15, -0.1) is 0 Å². The number of aliphatic hydroxyl groups excluding tert-OH is 1. The highest BCUT2D eigenvalue weighted by Gasteiger charge is 2.38. The molecule has 2 fully saturated rings. The Bertz CT molecular complexity index is 195. The minimum Gasteiger partial charge on any atom is -0.396 e. The van der Waals surface area contributed by atoms with Crippen molar-refractivity contribution in [2.45, 2.75) is 51.6 Å². The lowest BCUT2D eigenvalue weighted by molar-refractivity contribution is 0.218. The number of hydrogen-bond acceptors (Lipinski definition) is 2. The van der Waals surface area contributed by atoms with Gasteiger partial charge in [-0.2, -0.15) is 0 Å². The van der Waals surface area contributed by atoms with Crippen molar-refractivity contribution in [3.63, 3.8) is 0 Å². The van der Waals surface area contributed by atoms with Crippen molar-refractivity contribution in [3.05, 3.63) is 0 Å². The molecule has 0 saturated heterocycles. The van der Waals surface area contributed by atoms with Gasteiger partial charge in [-0.3, -0.25) is 0 Å². The molecule has 82 valence electrons. The van der Waals surface area contributed by atoms with Crippen molar-refractivity contribution in [1.29, 1.82) is 0 Å². The van der Waals surface area contributed by atoms with Crippen molar-refractivity contribution in [2.24, 2.45) is 17.8 Å². The van der Waals surface area contributed by atoms with Gasteiger partial charge >= 0.3 is 0 Å². The summed E-state index contributed by atoms with van der Waals surface area (Å²) in [5.41, 5.74) is 0. The molecule has 2 saturated carbocycles. The normalized spacial score (nSPS) is 47.8. The Morgan fingerprint density at radius 1 is 1.14 bits per heavy atom. The maximum absolute atomic E-state index is 8.96. The van der Waals surface area contributed by atoms with Crippen molar-refractivity contribution >= 4 is 0 Å². The van der Waals surface area contributed by atoms with E-state index in [4.69, 9.17) is 5.11 Å². The van der Waals surface area contributed by atoms with Gasteiger partial charge in [-0.1, -0.05) is 13.8 Å². The molecule has 0 radical (unpaired) electrons. The summed E-state index contributed by atoms with van der Waals surface area (Å²) in [6, 6.07) is 1.35. The molecule has 2 aliphatic rings. The third-order valence-electron chi connectivity index (χ3n) is 4.21. The maximum Gasteiger partial charge on any atom is 0.0474 e. The molecule has 5 unspecified atom stereocenters. The molecule has 0 aliphatic heterocycles. The second-order valence-corrected chi connectivity index (χ2v) is 5.42. The highest BCUT2D eigenvalue weighted by atomic mass is 16.3. The molecule has 0 aromatic rings. The molecular formula is C12H23NO. The first-order chi connectivity index (χ1) is 6.70. The van der Waals surface area contributed by atoms with Gasteiger partial charge in [0.15, 0.2) is 0 Å². The van der Waals surface area contributed by atoms with Crippen LogP contribution in [0, 0.1) is 17.8 Å². The van der Waals surface area contributed by atoms with Gasteiger partial charge in [-0.05, 0) is 43.4 Å². The average molecular weight is 197 g/mol. The Balaban J connectivity index is 1.72. The minimum atomic E-state index is 0.371. The van der Waals surface area contributed by atoms with Crippen LogP contribution in [0.15, 0.2) is 0 Å². The summed E-state index contributed by atoms with van der Waals surface area (Å²) in [5, 5.41) is 12.6. The zero-order valence-electron chi connectivity index (χ0n) is 9.37. The lowest BCUT2D eigenvalue weighted by Gasteiger charge is -2.32. The molecule has 0 aromatic carbocycles. The molecule has 2 N–H and O–H groups in total. The molecule has 2 heteroatoms. The maximum atomic E-state index is 8.96. The van der Waals surface area contributed by atoms with E-state index in [9.17, 15) is 0 Å². The van der Waals surface area contributed by atoms with E-state index in [1.54, 1.807) is 0 Å². The highest BCUT2D eigenvalue weighted by molar-refractivity contribution is 4.95. The van der Waals surface area contributed by atoms with E-state index in [-0.39, 0.29) is 0 Å². The van der Waals surface area contributed by atoms with Crippen molar-refractivity contribution in [1.82, 2.24) is 5.32 Å². The van der Waals surface area contributed by atoms with E-state index in [1.807, 2.05) is 0 Å². The molecule has 0 amide bonds. The number of nitrogens with one attached hydrogen (secondary N) is 1. The van der Waals surface area contributed by atoms with Crippen LogP contribution in [0.1, 0.15) is 39.5 Å². The fourth-order valence-corrected chi connectivity index (χ4v) is 2.66. The monoisotopic (exact) mass is 197 g/mol. The molecule has 2 nitrogen and oxygen atoms in total. The lowest BCUT2D eigenvalue weighted by atomic mass is 9.79. The first-order valence-electron chi connectivity index (χ1n) is 6.07. The Labute approximate surface area is 87.1 Å². The summed E-state index contributed by atoms with van der Waals surface area (Å²) in [4.78, 5) is 0. The third-order valence-corrected chi connectivity index (χ3v) is 4.21. The fourth-order valence-electron chi connectivity index (χ4n) is 2.66. The summed E-state index contributed by atoms with van der Waals surface area (Å²) < 4.78 is 0. The second kappa shape index (κ2) is 4.19. The van der Waals surface area contributed by atoms with Crippen LogP contribution in [0.25, 0.3) is 0 Å². The van der Waals surface area contributed by atoms with E-state index >= 15 is 0 Å². The zero-order chi connectivity index (χ0) is 10.1. The summed E-state index contributed by atoms with van der Waals surface area (Å²) in [5.74, 6) is 2.33. The van der Waals surface area contributed by atoms with Crippen molar-refractivity contribution in [2.75, 3.05) is 6.61 Å². The summed E-state index contributed by atoms with van der Waals surface area (Å²) in [7, 11) is 0. The third kappa shape index (κ3) is 2.29. The van der Waals surface area contributed by atoms with Crippen molar-refractivity contribution in [3.8, 4) is 0 Å². The van der Waals surface area contributed by atoms with Crippen LogP contribution in [0.5, 0.6) is 0 Å². The molecule has 5 atom stereocenters. The predicted octanol–water partition coefficient (Wildman–Crippen LogP) is 1.78. The Morgan fingerprint density at radius 3 is 2.50 bits per heavy atom. The molecule has 0 heterocycles. The second-order valence-electron chi connectivity index (χ2n) is 5.42. The van der Waals surface area contributed by atoms with Crippen LogP contribution in [0.4, 0.5) is 0 Å². The number of aliphatic hydroxyl groups is 1. The van der Waals surface area contributed by atoms with E-state index in [0.29, 0.717) is 18.6 Å². The molecule has 2 aliphatic carbocycles. The standard InChI is InChI=1S/C12H23NO/c1-8-3-4-11(5-9(8)2)13-12-6-10(12)7-14/h8-14H,3-7H2,1-2H3. The summed E-state index contributed by atoms with van der Waals surface area (Å²) in [6.45, 7) is 5.11. The van der Waals surface area contributed by atoms with Crippen LogP contribution in [-0.4, -0.2) is 23.8 Å². The molecular weight excluding hydrogens is 174 g/mol. The smallest absolute Gasteiger partial charge is 0.0474 e. The van der Waals surface area contributed by atoms with Gasteiger partial charge < -0.3 is 10.4 Å². The van der Waals surface area contributed by atoms with Crippen LogP contribution in [0.2, 0.25) is 0 Å². The Hall–Kier alpha value is -0.0800. The molecule has 0 aromatic heterocycles. The van der Waals surface area contributed by atoms with Crippen molar-refractivity contribution < 1.29 is 5.11 Å². The number of hydrogen-bond donors (Lipinski definition) is 2. The van der Waals surface area contributed by atoms with Gasteiger partial charge in [0.1, 0.15) is 0 Å². The molecule has 14 heavy (non-hydrogen) atoms. The SMILES string of the molecule is CC1CCC(NC2CC2CO)CC1C. The summed E-state index contributed by atoms with van der Waals surface area (Å²) >= 11 is 0. The van der Waals surface area contributed by atoms with Gasteiger partial charge in [0.25, 0.3) is 0 Å². The molecule has 0 spiro atoms. The zero-order valence-corrected chi connectivity index (χ0v) is 9.37. The first-order valence-corrected chi connectivity index (χ1v) is 6.07. The van der Waals surface area contributed by atoms with Crippen LogP contribution >= 0.6 is 0 Å². The van der Waals surface area contributed by atoms with E-state index in [2.05, 4.69) is 19.2 Å². The molecule has 0 bridgehead atoms. The van der Waals surface area contributed by atoms with Gasteiger partial charge in [0.2, 0.25) is 0 Å². The van der Waals surface area contributed by atoms with E-state index in [1.165, 1.54) is 25.7 Å². The topological polar surface area (TPSA) is 32.3 Å². The van der Waals surface area contributed by atoms with E-state index < -0.39 is 0 Å². The van der Waals surface area contributed by atoms with Gasteiger partial charge in [0, 0.05) is 18.7 Å². The predicted molar refractivity (Wildman–Crippen MR) is 58.1 cm³/mol. The van der Waals surface area contributed by atoms with Gasteiger partial charge in [-0.25, -0.2) is 0 Å². The highest BCUT2D eigenvalue weighted by Crippen LogP contribution is 2.34. The Kier molecular flexibility index (Phi) is 3.13. The van der Waals surface area contributed by atoms with Crippen LogP contribution in [-0.2, 0) is 0 Å². The van der Waals surface area contributed by atoms with E-state index in [0.717, 1.165) is 17.9 Å². The summed E-state index contributed by atoms with van der Waals surface area (Å²) in [6.07, 6.45) is 5.22. The lowest BCUT2D eigenvalue weighted by Crippen LogP contribution is -2.38. The fraction of sp³-hybridized carbons (Fsp3) is 1.00. The minimum absolute atomic E-state index is 0.371. The van der Waals surface area contributed by atoms with Crippen LogP contribution < -0.4 is 5.32 Å². The van der Waals surface area contributed by atoms with Gasteiger partial charge in [0.05, 0.1) is 0 Å².